The Bertz CT molecular complexity index is 830. The van der Waals surface area contributed by atoms with Crippen molar-refractivity contribution in [2.75, 3.05) is 5.32 Å². The van der Waals surface area contributed by atoms with Gasteiger partial charge in [0.05, 0.1) is 0 Å². The number of carbonyl (C=O) groups excluding carboxylic acids is 1. The molecule has 116 valence electrons. The summed E-state index contributed by atoms with van der Waals surface area (Å²) in [4.78, 5) is 12.2. The maximum Gasteiger partial charge on any atom is 0.265 e. The maximum absolute atomic E-state index is 12.2. The summed E-state index contributed by atoms with van der Waals surface area (Å²) < 4.78 is 6.73. The van der Waals surface area contributed by atoms with Gasteiger partial charge in [-0.3, -0.25) is 4.79 Å². The van der Waals surface area contributed by atoms with E-state index in [9.17, 15) is 4.79 Å². The highest BCUT2D eigenvalue weighted by atomic mass is 79.9. The SMILES string of the molecule is C[C@H](Oc1ccc2ccccc2c1)C(=O)Nc1ccc(Br)cc1. The van der Waals surface area contributed by atoms with Gasteiger partial charge in [0.2, 0.25) is 0 Å². The van der Waals surface area contributed by atoms with E-state index in [1.165, 1.54) is 0 Å². The zero-order chi connectivity index (χ0) is 16.2. The van der Waals surface area contributed by atoms with Crippen LogP contribution in [0.2, 0.25) is 0 Å². The van der Waals surface area contributed by atoms with Crippen LogP contribution in [0.5, 0.6) is 5.75 Å². The van der Waals surface area contributed by atoms with Crippen LogP contribution in [-0.4, -0.2) is 12.0 Å². The highest BCUT2D eigenvalue weighted by Gasteiger charge is 2.15. The molecule has 1 N–H and O–H groups in total. The lowest BCUT2D eigenvalue weighted by atomic mass is 10.1. The third kappa shape index (κ3) is 3.90. The Kier molecular flexibility index (Phi) is 4.63. The van der Waals surface area contributed by atoms with Gasteiger partial charge in [-0.05, 0) is 54.1 Å². The van der Waals surface area contributed by atoms with Crippen LogP contribution in [0.4, 0.5) is 5.69 Å². The van der Waals surface area contributed by atoms with E-state index >= 15 is 0 Å². The van der Waals surface area contributed by atoms with E-state index in [0.717, 1.165) is 20.9 Å². The van der Waals surface area contributed by atoms with Crippen molar-refractivity contribution >= 4 is 38.3 Å². The topological polar surface area (TPSA) is 38.3 Å². The van der Waals surface area contributed by atoms with Crippen LogP contribution >= 0.6 is 15.9 Å². The average Bonchev–Trinajstić information content (AvgIpc) is 2.56. The van der Waals surface area contributed by atoms with Gasteiger partial charge in [-0.15, -0.1) is 0 Å². The van der Waals surface area contributed by atoms with E-state index in [2.05, 4.69) is 21.2 Å². The number of ether oxygens (including phenoxy) is 1. The van der Waals surface area contributed by atoms with Crippen molar-refractivity contribution in [2.24, 2.45) is 0 Å². The molecule has 23 heavy (non-hydrogen) atoms. The summed E-state index contributed by atoms with van der Waals surface area (Å²) in [6.45, 7) is 1.74. The Morgan fingerprint density at radius 3 is 2.43 bits per heavy atom. The molecule has 1 amide bonds. The van der Waals surface area contributed by atoms with E-state index in [1.807, 2.05) is 66.7 Å². The van der Waals surface area contributed by atoms with Crippen LogP contribution in [-0.2, 0) is 4.79 Å². The fourth-order valence-electron chi connectivity index (χ4n) is 2.28. The Labute approximate surface area is 143 Å². The minimum atomic E-state index is -0.584. The molecule has 3 aromatic carbocycles. The predicted octanol–water partition coefficient (Wildman–Crippen LogP) is 5.01. The van der Waals surface area contributed by atoms with Crippen LogP contribution < -0.4 is 10.1 Å². The first-order valence-electron chi connectivity index (χ1n) is 7.34. The van der Waals surface area contributed by atoms with E-state index in [-0.39, 0.29) is 5.91 Å². The van der Waals surface area contributed by atoms with Crippen molar-refractivity contribution in [2.45, 2.75) is 13.0 Å². The van der Waals surface area contributed by atoms with E-state index in [4.69, 9.17) is 4.74 Å². The molecule has 0 aliphatic rings. The van der Waals surface area contributed by atoms with Crippen molar-refractivity contribution < 1.29 is 9.53 Å². The molecule has 0 bridgehead atoms. The molecule has 3 aromatic rings. The standard InChI is InChI=1S/C19H16BrNO2/c1-13(19(22)21-17-9-7-16(20)8-10-17)23-18-11-6-14-4-2-3-5-15(14)12-18/h2-13H,1H3,(H,21,22)/t13-/m0/s1. The fraction of sp³-hybridized carbons (Fsp3) is 0.105. The summed E-state index contributed by atoms with van der Waals surface area (Å²) in [7, 11) is 0. The number of nitrogens with one attached hydrogen (secondary N) is 1. The van der Waals surface area contributed by atoms with Gasteiger partial charge in [-0.1, -0.05) is 46.3 Å². The molecule has 0 aliphatic carbocycles. The van der Waals surface area contributed by atoms with Gasteiger partial charge < -0.3 is 10.1 Å². The van der Waals surface area contributed by atoms with E-state index in [0.29, 0.717) is 5.75 Å². The van der Waals surface area contributed by atoms with Crippen LogP contribution in [0, 0.1) is 0 Å². The number of rotatable bonds is 4. The molecule has 0 aromatic heterocycles. The molecule has 0 saturated heterocycles. The first kappa shape index (κ1) is 15.6. The molecule has 3 rings (SSSR count). The molecular weight excluding hydrogens is 354 g/mol. The van der Waals surface area contributed by atoms with Crippen molar-refractivity contribution in [1.82, 2.24) is 0 Å². The Balaban J connectivity index is 1.68. The van der Waals surface area contributed by atoms with Gasteiger partial charge in [0.15, 0.2) is 6.10 Å². The number of halogens is 1. The first-order chi connectivity index (χ1) is 11.1. The third-order valence-electron chi connectivity index (χ3n) is 3.51. The summed E-state index contributed by atoms with van der Waals surface area (Å²) in [6.07, 6.45) is -0.584. The van der Waals surface area contributed by atoms with Crippen molar-refractivity contribution in [3.8, 4) is 5.75 Å². The highest BCUT2D eigenvalue weighted by molar-refractivity contribution is 9.10. The number of carbonyl (C=O) groups is 1. The fourth-order valence-corrected chi connectivity index (χ4v) is 2.54. The summed E-state index contributed by atoms with van der Waals surface area (Å²) in [5.41, 5.74) is 0.743. The smallest absolute Gasteiger partial charge is 0.265 e. The third-order valence-corrected chi connectivity index (χ3v) is 4.04. The molecule has 4 heteroatoms. The van der Waals surface area contributed by atoms with Crippen LogP contribution in [0.3, 0.4) is 0 Å². The molecular formula is C19H16BrNO2. The van der Waals surface area contributed by atoms with Crippen LogP contribution in [0.15, 0.2) is 71.2 Å². The number of hydrogen-bond donors (Lipinski definition) is 1. The number of fused-ring (bicyclic) bond motifs is 1. The van der Waals surface area contributed by atoms with Gasteiger partial charge in [0.25, 0.3) is 5.91 Å². The Hall–Kier alpha value is -2.33. The van der Waals surface area contributed by atoms with Crippen LogP contribution in [0.25, 0.3) is 10.8 Å². The van der Waals surface area contributed by atoms with Gasteiger partial charge in [0.1, 0.15) is 5.75 Å². The highest BCUT2D eigenvalue weighted by Crippen LogP contribution is 2.22. The zero-order valence-corrected chi connectivity index (χ0v) is 14.2. The van der Waals surface area contributed by atoms with Gasteiger partial charge in [-0.25, -0.2) is 0 Å². The van der Waals surface area contributed by atoms with E-state index < -0.39 is 6.10 Å². The lowest BCUT2D eigenvalue weighted by Crippen LogP contribution is -2.30. The number of anilines is 1. The molecule has 0 heterocycles. The summed E-state index contributed by atoms with van der Waals surface area (Å²) in [5, 5.41) is 5.08. The average molecular weight is 370 g/mol. The minimum Gasteiger partial charge on any atom is -0.481 e. The lowest BCUT2D eigenvalue weighted by molar-refractivity contribution is -0.122. The van der Waals surface area contributed by atoms with Gasteiger partial charge in [-0.2, -0.15) is 0 Å². The minimum absolute atomic E-state index is 0.180. The first-order valence-corrected chi connectivity index (χ1v) is 8.13. The zero-order valence-electron chi connectivity index (χ0n) is 12.6. The quantitative estimate of drug-likeness (QED) is 0.701. The Morgan fingerprint density at radius 2 is 1.70 bits per heavy atom. The number of benzene rings is 3. The number of hydrogen-bond acceptors (Lipinski definition) is 2. The van der Waals surface area contributed by atoms with Crippen molar-refractivity contribution in [3.63, 3.8) is 0 Å². The molecule has 0 radical (unpaired) electrons. The second-order valence-electron chi connectivity index (χ2n) is 5.27. The monoisotopic (exact) mass is 369 g/mol. The van der Waals surface area contributed by atoms with Crippen LogP contribution in [0.1, 0.15) is 6.92 Å². The van der Waals surface area contributed by atoms with Crippen molar-refractivity contribution in [3.05, 3.63) is 71.2 Å². The summed E-state index contributed by atoms with van der Waals surface area (Å²) in [6, 6.07) is 21.3. The molecule has 0 aliphatic heterocycles. The summed E-state index contributed by atoms with van der Waals surface area (Å²) >= 11 is 3.37. The second kappa shape index (κ2) is 6.84. The second-order valence-corrected chi connectivity index (χ2v) is 6.18. The Morgan fingerprint density at radius 1 is 1.00 bits per heavy atom. The molecule has 0 fully saturated rings. The summed E-state index contributed by atoms with van der Waals surface area (Å²) in [5.74, 6) is 0.502. The molecule has 0 spiro atoms. The predicted molar refractivity (Wildman–Crippen MR) is 96.8 cm³/mol. The maximum atomic E-state index is 12.2. The van der Waals surface area contributed by atoms with E-state index in [1.54, 1.807) is 6.92 Å². The molecule has 0 saturated carbocycles. The largest absolute Gasteiger partial charge is 0.481 e. The molecule has 0 unspecified atom stereocenters. The van der Waals surface area contributed by atoms with Gasteiger partial charge >= 0.3 is 0 Å². The lowest BCUT2D eigenvalue weighted by Gasteiger charge is -2.15. The van der Waals surface area contributed by atoms with Gasteiger partial charge in [0, 0.05) is 10.2 Å². The normalized spacial score (nSPS) is 11.9. The van der Waals surface area contributed by atoms with Crippen molar-refractivity contribution in [1.29, 1.82) is 0 Å². The number of amides is 1. The molecule has 1 atom stereocenters. The molecule has 3 nitrogen and oxygen atoms in total.